The number of anilines is 1. The van der Waals surface area contributed by atoms with Gasteiger partial charge in [0.2, 0.25) is 11.8 Å². The van der Waals surface area contributed by atoms with E-state index in [0.717, 1.165) is 31.2 Å². The first-order valence-electron chi connectivity index (χ1n) is 15.4. The monoisotopic (exact) mass is 737 g/mol. The molecule has 248 valence electrons. The van der Waals surface area contributed by atoms with Gasteiger partial charge in [-0.1, -0.05) is 65.3 Å². The van der Waals surface area contributed by atoms with E-state index in [9.17, 15) is 18.0 Å². The number of nitrogens with one attached hydrogen (secondary N) is 1. The molecule has 1 N–H and O–H groups in total. The fraction of sp³-hybridized carbons (Fsp3) is 0.278. The van der Waals surface area contributed by atoms with Crippen molar-refractivity contribution in [2.45, 2.75) is 49.1 Å². The van der Waals surface area contributed by atoms with Crippen molar-refractivity contribution >= 4 is 55.2 Å². The molecule has 0 saturated carbocycles. The van der Waals surface area contributed by atoms with Crippen molar-refractivity contribution in [3.8, 4) is 5.75 Å². The van der Waals surface area contributed by atoms with Crippen LogP contribution in [0.3, 0.4) is 0 Å². The molecule has 1 unspecified atom stereocenters. The molecule has 4 aromatic rings. The van der Waals surface area contributed by atoms with Gasteiger partial charge in [0.05, 0.1) is 17.2 Å². The number of hydrogen-bond acceptors (Lipinski definition) is 6. The predicted molar refractivity (Wildman–Crippen MR) is 192 cm³/mol. The van der Waals surface area contributed by atoms with E-state index in [4.69, 9.17) is 4.74 Å². The van der Waals surface area contributed by atoms with Crippen LogP contribution in [0.1, 0.15) is 31.4 Å². The first-order chi connectivity index (χ1) is 22.7. The molecular formula is C36H40BrN3O5S2. The van der Waals surface area contributed by atoms with Crippen molar-refractivity contribution in [2.75, 3.05) is 30.3 Å². The number of sulfonamides is 1. The molecule has 1 atom stereocenters. The Morgan fingerprint density at radius 1 is 0.872 bits per heavy atom. The van der Waals surface area contributed by atoms with Crippen molar-refractivity contribution in [1.82, 2.24) is 10.2 Å². The normalized spacial score (nSPS) is 11.8. The molecule has 47 heavy (non-hydrogen) atoms. The molecule has 0 heterocycles. The fourth-order valence-electron chi connectivity index (χ4n) is 4.99. The summed E-state index contributed by atoms with van der Waals surface area (Å²) in [6.45, 7) is 4.30. The quantitative estimate of drug-likeness (QED) is 0.125. The summed E-state index contributed by atoms with van der Waals surface area (Å²) in [6, 6.07) is 29.3. The van der Waals surface area contributed by atoms with Gasteiger partial charge < -0.3 is 15.0 Å². The zero-order valence-corrected chi connectivity index (χ0v) is 30.0. The predicted octanol–water partition coefficient (Wildman–Crippen LogP) is 6.93. The zero-order chi connectivity index (χ0) is 33.8. The standard InChI is InChI=1S/C36H40BrN3O5S2/c1-4-23-38-36(42)34(24-27-9-7-6-8-10-27)39(25-28-11-13-29(37)14-12-28)35(41)26-40(30-15-17-31(18-16-30)45-5-2)47(43,44)33-21-19-32(46-3)20-22-33/h6-22,34H,4-5,23-26H2,1-3H3,(H,38,42). The zero-order valence-electron chi connectivity index (χ0n) is 26.8. The lowest BCUT2D eigenvalue weighted by Gasteiger charge is -2.34. The van der Waals surface area contributed by atoms with E-state index in [2.05, 4.69) is 21.2 Å². The largest absolute Gasteiger partial charge is 0.494 e. The van der Waals surface area contributed by atoms with Crippen LogP contribution in [0.2, 0.25) is 0 Å². The number of hydrogen-bond donors (Lipinski definition) is 1. The van der Waals surface area contributed by atoms with Gasteiger partial charge in [-0.05, 0) is 91.4 Å². The van der Waals surface area contributed by atoms with E-state index in [1.165, 1.54) is 16.7 Å². The molecule has 0 bridgehead atoms. The van der Waals surface area contributed by atoms with E-state index >= 15 is 0 Å². The first kappa shape index (κ1) is 36.0. The highest BCUT2D eigenvalue weighted by Crippen LogP contribution is 2.28. The van der Waals surface area contributed by atoms with E-state index in [1.54, 1.807) is 48.5 Å². The fourth-order valence-corrected chi connectivity index (χ4v) is 7.07. The number of ether oxygens (including phenoxy) is 1. The molecule has 0 saturated heterocycles. The van der Waals surface area contributed by atoms with Crippen molar-refractivity contribution in [3.63, 3.8) is 0 Å². The van der Waals surface area contributed by atoms with Gasteiger partial charge >= 0.3 is 0 Å². The topological polar surface area (TPSA) is 96.0 Å². The Hall–Kier alpha value is -3.80. The smallest absolute Gasteiger partial charge is 0.264 e. The van der Waals surface area contributed by atoms with Crippen LogP contribution in [0.5, 0.6) is 5.75 Å². The number of carbonyl (C=O) groups is 2. The van der Waals surface area contributed by atoms with Gasteiger partial charge in [-0.15, -0.1) is 11.8 Å². The summed E-state index contributed by atoms with van der Waals surface area (Å²) in [6.07, 6.45) is 2.89. The lowest BCUT2D eigenvalue weighted by molar-refractivity contribution is -0.140. The Morgan fingerprint density at radius 2 is 1.53 bits per heavy atom. The average molecular weight is 739 g/mol. The van der Waals surface area contributed by atoms with E-state index < -0.39 is 28.5 Å². The number of amides is 2. The lowest BCUT2D eigenvalue weighted by atomic mass is 10.0. The molecule has 8 nitrogen and oxygen atoms in total. The molecular weight excluding hydrogens is 698 g/mol. The Labute approximate surface area is 290 Å². The van der Waals surface area contributed by atoms with Crippen LogP contribution in [0.15, 0.2) is 117 Å². The number of rotatable bonds is 16. The minimum absolute atomic E-state index is 0.0537. The van der Waals surface area contributed by atoms with E-state index in [-0.39, 0.29) is 23.8 Å². The third-order valence-electron chi connectivity index (χ3n) is 7.45. The number of halogens is 1. The molecule has 0 aliphatic heterocycles. The van der Waals surface area contributed by atoms with Gasteiger partial charge in [-0.25, -0.2) is 8.42 Å². The van der Waals surface area contributed by atoms with Gasteiger partial charge in [0.1, 0.15) is 18.3 Å². The number of nitrogens with zero attached hydrogens (tertiary/aromatic N) is 2. The van der Waals surface area contributed by atoms with Crippen molar-refractivity contribution in [3.05, 3.63) is 119 Å². The highest BCUT2D eigenvalue weighted by molar-refractivity contribution is 9.10. The molecule has 0 aromatic heterocycles. The molecule has 2 amide bonds. The maximum absolute atomic E-state index is 14.6. The highest BCUT2D eigenvalue weighted by atomic mass is 79.9. The summed E-state index contributed by atoms with van der Waals surface area (Å²) in [5.41, 5.74) is 1.98. The second-order valence-electron chi connectivity index (χ2n) is 10.8. The van der Waals surface area contributed by atoms with E-state index in [1.807, 2.05) is 74.7 Å². The molecule has 0 fully saturated rings. The molecule has 4 rings (SSSR count). The van der Waals surface area contributed by atoms with Crippen LogP contribution in [-0.2, 0) is 32.6 Å². The molecule has 0 aliphatic carbocycles. The Morgan fingerprint density at radius 3 is 2.13 bits per heavy atom. The van der Waals surface area contributed by atoms with Gasteiger partial charge in [-0.3, -0.25) is 13.9 Å². The molecule has 11 heteroatoms. The first-order valence-corrected chi connectivity index (χ1v) is 18.9. The van der Waals surface area contributed by atoms with Crippen LogP contribution < -0.4 is 14.4 Å². The lowest BCUT2D eigenvalue weighted by Crippen LogP contribution is -2.53. The van der Waals surface area contributed by atoms with Gasteiger partial charge in [0.25, 0.3) is 10.0 Å². The maximum Gasteiger partial charge on any atom is 0.264 e. The van der Waals surface area contributed by atoms with Gasteiger partial charge in [-0.2, -0.15) is 0 Å². The number of carbonyl (C=O) groups excluding carboxylic acids is 2. The van der Waals surface area contributed by atoms with Crippen LogP contribution >= 0.6 is 27.7 Å². The highest BCUT2D eigenvalue weighted by Gasteiger charge is 2.34. The average Bonchev–Trinajstić information content (AvgIpc) is 3.09. The van der Waals surface area contributed by atoms with Gasteiger partial charge in [0, 0.05) is 28.9 Å². The second-order valence-corrected chi connectivity index (χ2v) is 14.4. The summed E-state index contributed by atoms with van der Waals surface area (Å²) >= 11 is 4.97. The molecule has 4 aromatic carbocycles. The third kappa shape index (κ3) is 9.85. The summed E-state index contributed by atoms with van der Waals surface area (Å²) < 4.78 is 36.1. The van der Waals surface area contributed by atoms with E-state index in [0.29, 0.717) is 24.6 Å². The molecule has 0 spiro atoms. The van der Waals surface area contributed by atoms with Crippen LogP contribution in [0.4, 0.5) is 5.69 Å². The Balaban J connectivity index is 1.79. The summed E-state index contributed by atoms with van der Waals surface area (Å²) in [7, 11) is -4.20. The molecule has 0 aliphatic rings. The number of benzene rings is 4. The summed E-state index contributed by atoms with van der Waals surface area (Å²) in [5.74, 6) is -0.236. The Kier molecular flexibility index (Phi) is 13.3. The van der Waals surface area contributed by atoms with Crippen LogP contribution in [0, 0.1) is 0 Å². The SMILES string of the molecule is CCCNC(=O)C(Cc1ccccc1)N(Cc1ccc(Br)cc1)C(=O)CN(c1ccc(OCC)cc1)S(=O)(=O)c1ccc(SC)cc1. The van der Waals surface area contributed by atoms with Crippen molar-refractivity contribution in [2.24, 2.45) is 0 Å². The minimum atomic E-state index is -4.20. The van der Waals surface area contributed by atoms with Crippen molar-refractivity contribution in [1.29, 1.82) is 0 Å². The second kappa shape index (κ2) is 17.4. The Bertz CT molecular complexity index is 1700. The molecule has 0 radical (unpaired) electrons. The number of thioether (sulfide) groups is 1. The summed E-state index contributed by atoms with van der Waals surface area (Å²) in [4.78, 5) is 30.8. The van der Waals surface area contributed by atoms with Crippen LogP contribution in [0.25, 0.3) is 0 Å². The maximum atomic E-state index is 14.6. The third-order valence-corrected chi connectivity index (χ3v) is 10.5. The minimum Gasteiger partial charge on any atom is -0.494 e. The summed E-state index contributed by atoms with van der Waals surface area (Å²) in [5, 5.41) is 2.96. The van der Waals surface area contributed by atoms with Crippen LogP contribution in [-0.4, -0.2) is 57.1 Å². The van der Waals surface area contributed by atoms with Crippen molar-refractivity contribution < 1.29 is 22.7 Å². The van der Waals surface area contributed by atoms with Gasteiger partial charge in [0.15, 0.2) is 0 Å².